The molecule has 0 aliphatic carbocycles. The monoisotopic (exact) mass is 385 g/mol. The quantitative estimate of drug-likeness (QED) is 0.812. The number of aryl methyl sites for hydroxylation is 1. The SMILES string of the molecule is COc1ccc(C(=O)Nc2ccc(I)cc2C)c(F)c1. The molecule has 0 bridgehead atoms. The number of nitrogens with one attached hydrogen (secondary N) is 1. The maximum absolute atomic E-state index is 13.8. The van der Waals surface area contributed by atoms with Gasteiger partial charge >= 0.3 is 0 Å². The Morgan fingerprint density at radius 2 is 2.00 bits per heavy atom. The van der Waals surface area contributed by atoms with Crippen LogP contribution >= 0.6 is 22.6 Å². The lowest BCUT2D eigenvalue weighted by atomic mass is 10.1. The summed E-state index contributed by atoms with van der Waals surface area (Å²) >= 11 is 2.19. The smallest absolute Gasteiger partial charge is 0.258 e. The van der Waals surface area contributed by atoms with E-state index < -0.39 is 11.7 Å². The molecule has 0 unspecified atom stereocenters. The molecular weight excluding hydrogens is 372 g/mol. The molecule has 1 amide bonds. The third-order valence-electron chi connectivity index (χ3n) is 2.86. The fourth-order valence-corrected chi connectivity index (χ4v) is 2.41. The van der Waals surface area contributed by atoms with Gasteiger partial charge < -0.3 is 10.1 Å². The third kappa shape index (κ3) is 3.27. The molecule has 0 atom stereocenters. The molecule has 20 heavy (non-hydrogen) atoms. The summed E-state index contributed by atoms with van der Waals surface area (Å²) < 4.78 is 19.8. The van der Waals surface area contributed by atoms with Gasteiger partial charge in [0.2, 0.25) is 0 Å². The van der Waals surface area contributed by atoms with Crippen LogP contribution in [-0.4, -0.2) is 13.0 Å². The summed E-state index contributed by atoms with van der Waals surface area (Å²) in [5, 5.41) is 2.71. The zero-order valence-corrected chi connectivity index (χ0v) is 13.2. The van der Waals surface area contributed by atoms with E-state index >= 15 is 0 Å². The number of hydrogen-bond acceptors (Lipinski definition) is 2. The molecule has 0 fully saturated rings. The summed E-state index contributed by atoms with van der Waals surface area (Å²) in [7, 11) is 1.45. The number of ether oxygens (including phenoxy) is 1. The van der Waals surface area contributed by atoms with E-state index in [2.05, 4.69) is 27.9 Å². The van der Waals surface area contributed by atoms with E-state index in [0.717, 1.165) is 9.13 Å². The van der Waals surface area contributed by atoms with Crippen molar-refractivity contribution in [1.82, 2.24) is 0 Å². The van der Waals surface area contributed by atoms with Crippen LogP contribution in [0.5, 0.6) is 5.75 Å². The summed E-state index contributed by atoms with van der Waals surface area (Å²) in [6.07, 6.45) is 0. The maximum atomic E-state index is 13.8. The van der Waals surface area contributed by atoms with E-state index in [-0.39, 0.29) is 5.56 Å². The van der Waals surface area contributed by atoms with Crippen LogP contribution < -0.4 is 10.1 Å². The molecule has 2 aromatic rings. The molecule has 0 spiro atoms. The summed E-state index contributed by atoms with van der Waals surface area (Å²) in [4.78, 5) is 12.1. The second kappa shape index (κ2) is 6.21. The Morgan fingerprint density at radius 1 is 1.25 bits per heavy atom. The highest BCUT2D eigenvalue weighted by atomic mass is 127. The van der Waals surface area contributed by atoms with Crippen LogP contribution in [0.4, 0.5) is 10.1 Å². The van der Waals surface area contributed by atoms with Crippen molar-refractivity contribution in [2.24, 2.45) is 0 Å². The minimum atomic E-state index is -0.606. The van der Waals surface area contributed by atoms with Gasteiger partial charge in [-0.1, -0.05) is 0 Å². The fraction of sp³-hybridized carbons (Fsp3) is 0.133. The predicted molar refractivity (Wildman–Crippen MR) is 84.8 cm³/mol. The number of anilines is 1. The lowest BCUT2D eigenvalue weighted by molar-refractivity contribution is 0.102. The number of halogens is 2. The van der Waals surface area contributed by atoms with Crippen molar-refractivity contribution in [3.8, 4) is 5.75 Å². The van der Waals surface area contributed by atoms with Crippen molar-refractivity contribution in [2.75, 3.05) is 12.4 Å². The molecule has 5 heteroatoms. The molecule has 0 saturated carbocycles. The Hall–Kier alpha value is -1.63. The zero-order valence-electron chi connectivity index (χ0n) is 11.0. The van der Waals surface area contributed by atoms with Crippen LogP contribution in [0.3, 0.4) is 0 Å². The largest absolute Gasteiger partial charge is 0.497 e. The van der Waals surface area contributed by atoms with Crippen molar-refractivity contribution >= 4 is 34.2 Å². The summed E-state index contributed by atoms with van der Waals surface area (Å²) in [5.41, 5.74) is 1.59. The van der Waals surface area contributed by atoms with E-state index in [1.54, 1.807) is 12.1 Å². The average Bonchev–Trinajstić information content (AvgIpc) is 2.41. The van der Waals surface area contributed by atoms with Gasteiger partial charge in [-0.2, -0.15) is 0 Å². The molecule has 0 aliphatic heterocycles. The molecule has 2 aromatic carbocycles. The first-order valence-electron chi connectivity index (χ1n) is 5.92. The first-order valence-corrected chi connectivity index (χ1v) is 7.00. The Bertz CT molecular complexity index is 658. The molecule has 0 aliphatic rings. The zero-order chi connectivity index (χ0) is 14.7. The second-order valence-corrected chi connectivity index (χ2v) is 5.50. The number of carbonyl (C=O) groups is 1. The van der Waals surface area contributed by atoms with Gasteiger partial charge in [-0.05, 0) is 65.4 Å². The molecule has 3 nitrogen and oxygen atoms in total. The van der Waals surface area contributed by atoms with Gasteiger partial charge in [0.25, 0.3) is 5.91 Å². The highest BCUT2D eigenvalue weighted by molar-refractivity contribution is 14.1. The number of hydrogen-bond donors (Lipinski definition) is 1. The fourth-order valence-electron chi connectivity index (χ4n) is 1.76. The molecule has 2 rings (SSSR count). The van der Waals surface area contributed by atoms with Gasteiger partial charge in [-0.3, -0.25) is 4.79 Å². The Morgan fingerprint density at radius 3 is 2.60 bits per heavy atom. The van der Waals surface area contributed by atoms with E-state index in [9.17, 15) is 9.18 Å². The van der Waals surface area contributed by atoms with E-state index in [1.165, 1.54) is 19.2 Å². The van der Waals surface area contributed by atoms with Crippen molar-refractivity contribution < 1.29 is 13.9 Å². The molecule has 0 radical (unpaired) electrons. The molecule has 104 valence electrons. The van der Waals surface area contributed by atoms with Gasteiger partial charge in [-0.25, -0.2) is 4.39 Å². The Labute approximate surface area is 130 Å². The Kier molecular flexibility index (Phi) is 4.59. The van der Waals surface area contributed by atoms with Crippen LogP contribution in [0.15, 0.2) is 36.4 Å². The summed E-state index contributed by atoms with van der Waals surface area (Å²) in [6.45, 7) is 1.89. The van der Waals surface area contributed by atoms with Crippen LogP contribution in [0.25, 0.3) is 0 Å². The topological polar surface area (TPSA) is 38.3 Å². The van der Waals surface area contributed by atoms with Gasteiger partial charge in [-0.15, -0.1) is 0 Å². The van der Waals surface area contributed by atoms with Crippen molar-refractivity contribution in [3.63, 3.8) is 0 Å². The number of carbonyl (C=O) groups excluding carboxylic acids is 1. The standard InChI is InChI=1S/C15H13FINO2/c1-9-7-10(17)3-6-14(9)18-15(19)12-5-4-11(20-2)8-13(12)16/h3-8H,1-2H3,(H,18,19). The van der Waals surface area contributed by atoms with Gasteiger partial charge in [0.05, 0.1) is 12.7 Å². The highest BCUT2D eigenvalue weighted by Crippen LogP contribution is 2.21. The number of amides is 1. The van der Waals surface area contributed by atoms with E-state index in [1.807, 2.05) is 19.1 Å². The molecule has 0 saturated heterocycles. The van der Waals surface area contributed by atoms with E-state index in [0.29, 0.717) is 11.4 Å². The van der Waals surface area contributed by atoms with Crippen LogP contribution in [0.1, 0.15) is 15.9 Å². The second-order valence-electron chi connectivity index (χ2n) is 4.26. The minimum Gasteiger partial charge on any atom is -0.497 e. The molecule has 1 N–H and O–H groups in total. The van der Waals surface area contributed by atoms with Crippen LogP contribution in [-0.2, 0) is 0 Å². The lowest BCUT2D eigenvalue weighted by Gasteiger charge is -2.10. The van der Waals surface area contributed by atoms with Crippen molar-refractivity contribution in [3.05, 3.63) is 56.9 Å². The average molecular weight is 385 g/mol. The van der Waals surface area contributed by atoms with Gasteiger partial charge in [0.1, 0.15) is 11.6 Å². The number of rotatable bonds is 3. The highest BCUT2D eigenvalue weighted by Gasteiger charge is 2.13. The maximum Gasteiger partial charge on any atom is 0.258 e. The normalized spacial score (nSPS) is 10.2. The van der Waals surface area contributed by atoms with E-state index in [4.69, 9.17) is 4.74 Å². The molecular formula is C15H13FINO2. The summed E-state index contributed by atoms with van der Waals surface area (Å²) in [5.74, 6) is -0.705. The van der Waals surface area contributed by atoms with Crippen molar-refractivity contribution in [1.29, 1.82) is 0 Å². The molecule has 0 heterocycles. The number of benzene rings is 2. The molecule has 0 aromatic heterocycles. The lowest BCUT2D eigenvalue weighted by Crippen LogP contribution is -2.14. The third-order valence-corrected chi connectivity index (χ3v) is 3.53. The van der Waals surface area contributed by atoms with Crippen LogP contribution in [0.2, 0.25) is 0 Å². The predicted octanol–water partition coefficient (Wildman–Crippen LogP) is 4.00. The van der Waals surface area contributed by atoms with Gasteiger partial charge in [0, 0.05) is 15.3 Å². The first-order chi connectivity index (χ1) is 9.51. The van der Waals surface area contributed by atoms with Crippen molar-refractivity contribution in [2.45, 2.75) is 6.92 Å². The first kappa shape index (κ1) is 14.8. The minimum absolute atomic E-state index is 0.0104. The Balaban J connectivity index is 2.24. The number of methoxy groups -OCH3 is 1. The van der Waals surface area contributed by atoms with Gasteiger partial charge in [0.15, 0.2) is 0 Å². The van der Waals surface area contributed by atoms with Crippen LogP contribution in [0, 0.1) is 16.3 Å². The summed E-state index contributed by atoms with van der Waals surface area (Å²) in [6, 6.07) is 9.78.